The van der Waals surface area contributed by atoms with Crippen LogP contribution in [0.5, 0.6) is 5.75 Å². The molecule has 0 aliphatic heterocycles. The highest BCUT2D eigenvalue weighted by atomic mass is 16.5. The zero-order valence-electron chi connectivity index (χ0n) is 16.4. The van der Waals surface area contributed by atoms with Gasteiger partial charge in [0, 0.05) is 16.9 Å². The van der Waals surface area contributed by atoms with Gasteiger partial charge in [0.15, 0.2) is 0 Å². The van der Waals surface area contributed by atoms with Crippen molar-refractivity contribution in [3.63, 3.8) is 0 Å². The Labute approximate surface area is 173 Å². The van der Waals surface area contributed by atoms with Gasteiger partial charge in [0.05, 0.1) is 18.9 Å². The lowest BCUT2D eigenvalue weighted by Gasteiger charge is -2.23. The van der Waals surface area contributed by atoms with Gasteiger partial charge in [-0.05, 0) is 60.7 Å². The van der Waals surface area contributed by atoms with Gasteiger partial charge in [0.2, 0.25) is 5.91 Å². The largest absolute Gasteiger partial charge is 0.497 e. The number of allylic oxidation sites excluding steroid dienone is 2. The highest BCUT2D eigenvalue weighted by Gasteiger charge is 2.51. The molecule has 4 atom stereocenters. The number of carbonyl (C=O) groups excluding carboxylic acids is 2. The van der Waals surface area contributed by atoms with Gasteiger partial charge in [0.1, 0.15) is 5.75 Å². The van der Waals surface area contributed by atoms with Crippen LogP contribution in [0.4, 0.5) is 11.4 Å². The zero-order valence-corrected chi connectivity index (χ0v) is 16.4. The second-order valence-corrected chi connectivity index (χ2v) is 7.59. The third-order valence-electron chi connectivity index (χ3n) is 5.79. The fourth-order valence-electron chi connectivity index (χ4n) is 4.35. The van der Waals surface area contributed by atoms with Crippen molar-refractivity contribution in [2.75, 3.05) is 17.7 Å². The van der Waals surface area contributed by atoms with Gasteiger partial charge in [-0.15, -0.1) is 0 Å². The number of rotatable bonds is 6. The van der Waals surface area contributed by atoms with E-state index in [1.165, 1.54) is 7.11 Å². The Bertz CT molecular complexity index is 1010. The fraction of sp³-hybridized carbons (Fsp3) is 0.261. The molecule has 154 valence electrons. The standard InChI is InChI=1S/C23H22N2O5/c1-30-18-4-2-3-15(12-18)21(26)24-16-7-9-17(10-8-16)25-22(27)19-13-5-6-14(11-13)20(19)23(28)29/h2-10,12-14,19-20H,11H2,1H3,(H,24,26)(H,25,27)(H,28,29)/t13-,14-,19-,20-/m0/s1. The first-order valence-electron chi connectivity index (χ1n) is 9.73. The average Bonchev–Trinajstić information content (AvgIpc) is 3.37. The molecule has 0 saturated heterocycles. The van der Waals surface area contributed by atoms with E-state index in [4.69, 9.17) is 4.74 Å². The summed E-state index contributed by atoms with van der Waals surface area (Å²) in [6.07, 6.45) is 4.57. The summed E-state index contributed by atoms with van der Waals surface area (Å²) in [5.74, 6) is -2.24. The molecule has 2 aliphatic rings. The van der Waals surface area contributed by atoms with Crippen LogP contribution in [0.25, 0.3) is 0 Å². The molecule has 0 radical (unpaired) electrons. The molecule has 2 bridgehead atoms. The number of ether oxygens (including phenoxy) is 1. The van der Waals surface area contributed by atoms with E-state index in [1.54, 1.807) is 48.5 Å². The van der Waals surface area contributed by atoms with E-state index >= 15 is 0 Å². The molecule has 30 heavy (non-hydrogen) atoms. The van der Waals surface area contributed by atoms with Crippen molar-refractivity contribution < 1.29 is 24.2 Å². The Hall–Kier alpha value is -3.61. The Balaban J connectivity index is 1.40. The number of hydrogen-bond donors (Lipinski definition) is 3. The molecule has 1 saturated carbocycles. The molecule has 3 N–H and O–H groups in total. The Morgan fingerprint density at radius 1 is 0.933 bits per heavy atom. The zero-order chi connectivity index (χ0) is 21.3. The summed E-state index contributed by atoms with van der Waals surface area (Å²) >= 11 is 0. The minimum absolute atomic E-state index is 0.0301. The molecule has 7 heteroatoms. The quantitative estimate of drug-likeness (QED) is 0.638. The predicted octanol–water partition coefficient (Wildman–Crippen LogP) is 3.41. The number of carboxylic acid groups (broad SMARTS) is 1. The van der Waals surface area contributed by atoms with E-state index in [-0.39, 0.29) is 23.7 Å². The summed E-state index contributed by atoms with van der Waals surface area (Å²) < 4.78 is 5.13. The minimum atomic E-state index is -0.928. The first kappa shape index (κ1) is 19.7. The molecule has 4 rings (SSSR count). The molecule has 0 spiro atoms. The van der Waals surface area contributed by atoms with Crippen LogP contribution in [0.15, 0.2) is 60.7 Å². The normalized spacial score (nSPS) is 23.8. The smallest absolute Gasteiger partial charge is 0.307 e. The van der Waals surface area contributed by atoms with E-state index in [2.05, 4.69) is 10.6 Å². The molecule has 2 aromatic rings. The van der Waals surface area contributed by atoms with E-state index in [0.717, 1.165) is 0 Å². The monoisotopic (exact) mass is 406 g/mol. The first-order chi connectivity index (χ1) is 14.5. The lowest BCUT2D eigenvalue weighted by Crippen LogP contribution is -2.36. The molecule has 0 unspecified atom stereocenters. The summed E-state index contributed by atoms with van der Waals surface area (Å²) in [5.41, 5.74) is 1.60. The van der Waals surface area contributed by atoms with E-state index in [9.17, 15) is 19.5 Å². The number of amides is 2. The highest BCUT2D eigenvalue weighted by Crippen LogP contribution is 2.48. The number of hydrogen-bond acceptors (Lipinski definition) is 4. The lowest BCUT2D eigenvalue weighted by molar-refractivity contribution is -0.146. The first-order valence-corrected chi connectivity index (χ1v) is 9.73. The maximum absolute atomic E-state index is 12.7. The summed E-state index contributed by atoms with van der Waals surface area (Å²) in [7, 11) is 1.54. The molecular weight excluding hydrogens is 384 g/mol. The Morgan fingerprint density at radius 2 is 1.57 bits per heavy atom. The van der Waals surface area contributed by atoms with Crippen LogP contribution in [0.2, 0.25) is 0 Å². The van der Waals surface area contributed by atoms with Gasteiger partial charge in [-0.2, -0.15) is 0 Å². The third-order valence-corrected chi connectivity index (χ3v) is 5.79. The average molecular weight is 406 g/mol. The lowest BCUT2D eigenvalue weighted by atomic mass is 9.82. The topological polar surface area (TPSA) is 105 Å². The van der Waals surface area contributed by atoms with Crippen molar-refractivity contribution in [2.24, 2.45) is 23.7 Å². The van der Waals surface area contributed by atoms with E-state index in [1.807, 2.05) is 12.2 Å². The third kappa shape index (κ3) is 3.78. The molecule has 0 aromatic heterocycles. The van der Waals surface area contributed by atoms with Crippen molar-refractivity contribution in [1.29, 1.82) is 0 Å². The van der Waals surface area contributed by atoms with Crippen molar-refractivity contribution in [1.82, 2.24) is 0 Å². The van der Waals surface area contributed by atoms with Crippen molar-refractivity contribution >= 4 is 29.2 Å². The number of carbonyl (C=O) groups is 3. The molecule has 0 heterocycles. The summed E-state index contributed by atoms with van der Waals surface area (Å²) in [4.78, 5) is 36.7. The van der Waals surface area contributed by atoms with E-state index in [0.29, 0.717) is 29.1 Å². The van der Waals surface area contributed by atoms with Crippen molar-refractivity contribution in [2.45, 2.75) is 6.42 Å². The number of methoxy groups -OCH3 is 1. The number of nitrogens with one attached hydrogen (secondary N) is 2. The fourth-order valence-corrected chi connectivity index (χ4v) is 4.35. The van der Waals surface area contributed by atoms with Crippen molar-refractivity contribution in [3.05, 3.63) is 66.2 Å². The maximum atomic E-state index is 12.7. The Morgan fingerprint density at radius 3 is 2.20 bits per heavy atom. The van der Waals surface area contributed by atoms with Crippen molar-refractivity contribution in [3.8, 4) is 5.75 Å². The molecule has 2 aromatic carbocycles. The number of fused-ring (bicyclic) bond motifs is 2. The number of benzene rings is 2. The predicted molar refractivity (Wildman–Crippen MR) is 111 cm³/mol. The highest BCUT2D eigenvalue weighted by molar-refractivity contribution is 6.04. The molecule has 1 fully saturated rings. The van der Waals surface area contributed by atoms with Crippen LogP contribution in [0, 0.1) is 23.7 Å². The van der Waals surface area contributed by atoms with Gasteiger partial charge < -0.3 is 20.5 Å². The molecular formula is C23H22N2O5. The Kier molecular flexibility index (Phi) is 5.27. The van der Waals surface area contributed by atoms with Gasteiger partial charge in [-0.3, -0.25) is 14.4 Å². The minimum Gasteiger partial charge on any atom is -0.497 e. The van der Waals surface area contributed by atoms with Gasteiger partial charge in [-0.1, -0.05) is 18.2 Å². The van der Waals surface area contributed by atoms with Crippen LogP contribution in [-0.2, 0) is 9.59 Å². The van der Waals surface area contributed by atoms with Crippen LogP contribution in [0.1, 0.15) is 16.8 Å². The molecule has 7 nitrogen and oxygen atoms in total. The second-order valence-electron chi connectivity index (χ2n) is 7.59. The van der Waals surface area contributed by atoms with Gasteiger partial charge in [0.25, 0.3) is 5.91 Å². The second kappa shape index (κ2) is 8.02. The summed E-state index contributed by atoms with van der Waals surface area (Å²) in [6.45, 7) is 0. The number of aliphatic carboxylic acids is 1. The van der Waals surface area contributed by atoms with Crippen LogP contribution in [0.3, 0.4) is 0 Å². The van der Waals surface area contributed by atoms with E-state index < -0.39 is 17.8 Å². The number of anilines is 2. The summed E-state index contributed by atoms with van der Waals surface area (Å²) in [6, 6.07) is 13.6. The number of carboxylic acids is 1. The SMILES string of the molecule is COc1cccc(C(=O)Nc2ccc(NC(=O)[C@@H]3[C@@H](C(=O)O)[C@H]4C=C[C@H]3C4)cc2)c1. The van der Waals surface area contributed by atoms with Crippen LogP contribution < -0.4 is 15.4 Å². The van der Waals surface area contributed by atoms with Gasteiger partial charge in [-0.25, -0.2) is 0 Å². The van der Waals surface area contributed by atoms with Gasteiger partial charge >= 0.3 is 5.97 Å². The van der Waals surface area contributed by atoms with Crippen LogP contribution >= 0.6 is 0 Å². The molecule has 2 amide bonds. The maximum Gasteiger partial charge on any atom is 0.307 e. The van der Waals surface area contributed by atoms with Crippen LogP contribution in [-0.4, -0.2) is 30.0 Å². The molecule has 2 aliphatic carbocycles. The summed E-state index contributed by atoms with van der Waals surface area (Å²) in [5, 5.41) is 15.1.